The second kappa shape index (κ2) is 9.12. The fourth-order valence-electron chi connectivity index (χ4n) is 1.47. The molecule has 1 aromatic rings. The van der Waals surface area contributed by atoms with E-state index in [1.807, 2.05) is 6.92 Å². The maximum absolute atomic E-state index is 13.2. The number of hydrogen-bond acceptors (Lipinski definition) is 4. The summed E-state index contributed by atoms with van der Waals surface area (Å²) in [5.74, 6) is -0.682. The molecule has 0 fully saturated rings. The normalized spacial score (nSPS) is 10.9. The molecule has 0 unspecified atom stereocenters. The Balaban J connectivity index is 0.00000361. The van der Waals surface area contributed by atoms with Gasteiger partial charge in [-0.15, -0.1) is 12.4 Å². The van der Waals surface area contributed by atoms with Crippen molar-refractivity contribution in [2.24, 2.45) is 0 Å². The number of benzene rings is 1. The van der Waals surface area contributed by atoms with Crippen molar-refractivity contribution in [1.82, 2.24) is 10.0 Å². The highest BCUT2D eigenvalue weighted by Crippen LogP contribution is 2.20. The molecule has 0 bridgehead atoms. The van der Waals surface area contributed by atoms with Crippen molar-refractivity contribution in [2.45, 2.75) is 18.2 Å². The van der Waals surface area contributed by atoms with Crippen LogP contribution in [-0.2, 0) is 10.0 Å². The molecule has 5 nitrogen and oxygen atoms in total. The zero-order valence-corrected chi connectivity index (χ0v) is 13.1. The zero-order chi connectivity index (χ0) is 14.3. The van der Waals surface area contributed by atoms with E-state index in [1.165, 1.54) is 13.2 Å². The van der Waals surface area contributed by atoms with E-state index >= 15 is 0 Å². The number of ether oxygens (including phenoxy) is 1. The van der Waals surface area contributed by atoms with Crippen molar-refractivity contribution in [3.8, 4) is 5.75 Å². The minimum absolute atomic E-state index is 0. The molecule has 20 heavy (non-hydrogen) atoms. The van der Waals surface area contributed by atoms with Crippen molar-refractivity contribution < 1.29 is 17.5 Å². The quantitative estimate of drug-likeness (QED) is 0.711. The highest BCUT2D eigenvalue weighted by atomic mass is 35.5. The van der Waals surface area contributed by atoms with E-state index in [4.69, 9.17) is 4.74 Å². The molecule has 0 heterocycles. The molecule has 0 spiro atoms. The van der Waals surface area contributed by atoms with Gasteiger partial charge in [0, 0.05) is 19.2 Å². The summed E-state index contributed by atoms with van der Waals surface area (Å²) < 4.78 is 44.2. The summed E-state index contributed by atoms with van der Waals surface area (Å²) in [6, 6.07) is 3.44. The van der Waals surface area contributed by atoms with Gasteiger partial charge in [-0.25, -0.2) is 17.5 Å². The van der Waals surface area contributed by atoms with Crippen LogP contribution in [0.5, 0.6) is 5.75 Å². The molecule has 0 saturated heterocycles. The predicted octanol–water partition coefficient (Wildman–Crippen LogP) is 1.53. The summed E-state index contributed by atoms with van der Waals surface area (Å²) in [5, 5.41) is 3.08. The van der Waals surface area contributed by atoms with Crippen molar-refractivity contribution >= 4 is 22.4 Å². The van der Waals surface area contributed by atoms with Crippen LogP contribution in [0.4, 0.5) is 4.39 Å². The van der Waals surface area contributed by atoms with E-state index in [0.717, 1.165) is 25.1 Å². The number of hydrogen-bond donors (Lipinski definition) is 2. The second-order valence-electron chi connectivity index (χ2n) is 3.94. The standard InChI is InChI=1S/C12H19FN2O3S.ClH/c1-3-6-14-7-8-15-19(16,17)10-4-5-11(13)12(9-10)18-2;/h4-5,9,14-15H,3,6-8H2,1-2H3;1H. The van der Waals surface area contributed by atoms with Crippen molar-refractivity contribution in [2.75, 3.05) is 26.7 Å². The number of halogens is 2. The summed E-state index contributed by atoms with van der Waals surface area (Å²) in [6.45, 7) is 3.70. The molecule has 0 saturated carbocycles. The van der Waals surface area contributed by atoms with Crippen LogP contribution in [0.25, 0.3) is 0 Å². The Labute approximate surface area is 125 Å². The van der Waals surface area contributed by atoms with Gasteiger partial charge in [-0.1, -0.05) is 6.92 Å². The van der Waals surface area contributed by atoms with E-state index in [1.54, 1.807) is 0 Å². The molecule has 0 amide bonds. The van der Waals surface area contributed by atoms with Gasteiger partial charge in [0.25, 0.3) is 0 Å². The average molecular weight is 327 g/mol. The van der Waals surface area contributed by atoms with Gasteiger partial charge < -0.3 is 10.1 Å². The third kappa shape index (κ3) is 5.62. The van der Waals surface area contributed by atoms with E-state index in [2.05, 4.69) is 10.0 Å². The van der Waals surface area contributed by atoms with Crippen LogP contribution < -0.4 is 14.8 Å². The van der Waals surface area contributed by atoms with Crippen LogP contribution in [0.3, 0.4) is 0 Å². The Morgan fingerprint density at radius 2 is 1.95 bits per heavy atom. The lowest BCUT2D eigenvalue weighted by Gasteiger charge is -2.09. The fourth-order valence-corrected chi connectivity index (χ4v) is 2.51. The van der Waals surface area contributed by atoms with Gasteiger partial charge in [0.15, 0.2) is 11.6 Å². The van der Waals surface area contributed by atoms with Crippen LogP contribution in [-0.4, -0.2) is 35.2 Å². The summed E-state index contributed by atoms with van der Waals surface area (Å²) in [5.41, 5.74) is 0. The first-order chi connectivity index (χ1) is 9.01. The maximum Gasteiger partial charge on any atom is 0.240 e. The van der Waals surface area contributed by atoms with Crippen LogP contribution in [0.15, 0.2) is 23.1 Å². The summed E-state index contributed by atoms with van der Waals surface area (Å²) in [6.07, 6.45) is 0.988. The van der Waals surface area contributed by atoms with Gasteiger partial charge in [-0.3, -0.25) is 0 Å². The van der Waals surface area contributed by atoms with Crippen LogP contribution in [0.2, 0.25) is 0 Å². The second-order valence-corrected chi connectivity index (χ2v) is 5.71. The lowest BCUT2D eigenvalue weighted by molar-refractivity contribution is 0.385. The minimum atomic E-state index is -3.63. The molecule has 0 aliphatic heterocycles. The predicted molar refractivity (Wildman–Crippen MR) is 78.5 cm³/mol. The van der Waals surface area contributed by atoms with Crippen LogP contribution in [0.1, 0.15) is 13.3 Å². The molecule has 0 aliphatic carbocycles. The molecule has 1 rings (SSSR count). The Morgan fingerprint density at radius 3 is 2.55 bits per heavy atom. The van der Waals surface area contributed by atoms with Gasteiger partial charge in [0.05, 0.1) is 12.0 Å². The molecule has 0 aromatic heterocycles. The molecule has 0 aliphatic rings. The van der Waals surface area contributed by atoms with Crippen LogP contribution >= 0.6 is 12.4 Å². The first-order valence-electron chi connectivity index (χ1n) is 6.05. The van der Waals surface area contributed by atoms with E-state index in [-0.39, 0.29) is 29.6 Å². The lowest BCUT2D eigenvalue weighted by Crippen LogP contribution is -2.32. The summed E-state index contributed by atoms with van der Waals surface area (Å²) in [4.78, 5) is -0.0127. The molecule has 1 aromatic carbocycles. The Bertz CT molecular complexity index is 511. The molecule has 116 valence electrons. The van der Waals surface area contributed by atoms with E-state index < -0.39 is 15.8 Å². The maximum atomic E-state index is 13.2. The Kier molecular flexibility index (Phi) is 8.71. The molecule has 0 atom stereocenters. The third-order valence-corrected chi connectivity index (χ3v) is 3.91. The highest BCUT2D eigenvalue weighted by Gasteiger charge is 2.15. The Hall–Kier alpha value is -0.890. The third-order valence-electron chi connectivity index (χ3n) is 2.45. The van der Waals surface area contributed by atoms with Crippen LogP contribution in [0, 0.1) is 5.82 Å². The molecular formula is C12H20ClFN2O3S. The van der Waals surface area contributed by atoms with Gasteiger partial charge in [-0.2, -0.15) is 0 Å². The lowest BCUT2D eigenvalue weighted by atomic mass is 10.3. The number of methoxy groups -OCH3 is 1. The molecule has 2 N–H and O–H groups in total. The fraction of sp³-hybridized carbons (Fsp3) is 0.500. The summed E-state index contributed by atoms with van der Waals surface area (Å²) in [7, 11) is -2.34. The van der Waals surface area contributed by atoms with Crippen molar-refractivity contribution in [1.29, 1.82) is 0 Å². The number of nitrogens with one attached hydrogen (secondary N) is 2. The number of sulfonamides is 1. The van der Waals surface area contributed by atoms with Gasteiger partial charge in [-0.05, 0) is 25.1 Å². The minimum Gasteiger partial charge on any atom is -0.494 e. The van der Waals surface area contributed by atoms with Gasteiger partial charge >= 0.3 is 0 Å². The first-order valence-corrected chi connectivity index (χ1v) is 7.53. The highest BCUT2D eigenvalue weighted by molar-refractivity contribution is 7.89. The molecule has 8 heteroatoms. The van der Waals surface area contributed by atoms with E-state index in [9.17, 15) is 12.8 Å². The van der Waals surface area contributed by atoms with Gasteiger partial charge in [0.1, 0.15) is 0 Å². The first kappa shape index (κ1) is 19.1. The number of rotatable bonds is 8. The monoisotopic (exact) mass is 326 g/mol. The van der Waals surface area contributed by atoms with Crippen molar-refractivity contribution in [3.05, 3.63) is 24.0 Å². The average Bonchev–Trinajstić information content (AvgIpc) is 2.38. The SMILES string of the molecule is CCCNCCNS(=O)(=O)c1ccc(F)c(OC)c1.Cl. The molecular weight excluding hydrogens is 307 g/mol. The molecule has 0 radical (unpaired) electrons. The summed E-state index contributed by atoms with van der Waals surface area (Å²) >= 11 is 0. The Morgan fingerprint density at radius 1 is 1.25 bits per heavy atom. The zero-order valence-electron chi connectivity index (χ0n) is 11.5. The van der Waals surface area contributed by atoms with E-state index in [0.29, 0.717) is 6.54 Å². The smallest absolute Gasteiger partial charge is 0.240 e. The van der Waals surface area contributed by atoms with Crippen molar-refractivity contribution in [3.63, 3.8) is 0 Å². The van der Waals surface area contributed by atoms with Gasteiger partial charge in [0.2, 0.25) is 10.0 Å². The topological polar surface area (TPSA) is 67.4 Å². The largest absolute Gasteiger partial charge is 0.494 e.